The number of sulfone groups is 1. The van der Waals surface area contributed by atoms with Crippen LogP contribution in [0.1, 0.15) is 17.7 Å². The molecule has 0 atom stereocenters. The second-order valence-corrected chi connectivity index (χ2v) is 8.53. The van der Waals surface area contributed by atoms with Crippen LogP contribution in [-0.2, 0) is 9.84 Å². The molecule has 3 rings (SSSR count). The van der Waals surface area contributed by atoms with E-state index in [1.54, 1.807) is 13.0 Å². The molecule has 0 aliphatic rings. The van der Waals surface area contributed by atoms with E-state index >= 15 is 0 Å². The van der Waals surface area contributed by atoms with Crippen molar-refractivity contribution >= 4 is 21.4 Å². The molecule has 0 saturated heterocycles. The molecule has 3 aromatic rings. The summed E-state index contributed by atoms with van der Waals surface area (Å²) in [5.74, 6) is -2.34. The number of rotatable bonds is 4. The van der Waals surface area contributed by atoms with Gasteiger partial charge in [-0.25, -0.2) is 30.7 Å². The Morgan fingerprint density at radius 3 is 2.32 bits per heavy atom. The highest BCUT2D eigenvalue weighted by Gasteiger charge is 2.23. The highest BCUT2D eigenvalue weighted by atomic mass is 35.5. The number of benzene rings is 2. The van der Waals surface area contributed by atoms with E-state index < -0.39 is 44.2 Å². The quantitative estimate of drug-likeness (QED) is 0.538. The largest absolute Gasteiger partial charge is 0.282 e. The van der Waals surface area contributed by atoms with Crippen LogP contribution in [0.3, 0.4) is 0 Å². The van der Waals surface area contributed by atoms with Crippen molar-refractivity contribution in [3.05, 3.63) is 64.3 Å². The monoisotopic (exact) mass is 432 g/mol. The summed E-state index contributed by atoms with van der Waals surface area (Å²) in [5, 5.41) is 4.12. The smallest absolute Gasteiger partial charge is 0.230 e. The van der Waals surface area contributed by atoms with E-state index in [4.69, 9.17) is 11.6 Å². The maximum Gasteiger partial charge on any atom is 0.282 e. The van der Waals surface area contributed by atoms with E-state index in [2.05, 4.69) is 5.10 Å². The second-order valence-electron chi connectivity index (χ2n) is 6.14. The maximum atomic E-state index is 14.6. The zero-order chi connectivity index (χ0) is 20.8. The lowest BCUT2D eigenvalue weighted by molar-refractivity contribution is 0.145. The van der Waals surface area contributed by atoms with E-state index in [0.717, 1.165) is 17.0 Å². The van der Waals surface area contributed by atoms with E-state index in [-0.39, 0.29) is 5.69 Å². The van der Waals surface area contributed by atoms with Crippen molar-refractivity contribution in [1.82, 2.24) is 9.78 Å². The molecule has 0 aliphatic heterocycles. The van der Waals surface area contributed by atoms with Gasteiger partial charge in [0.15, 0.2) is 9.84 Å². The van der Waals surface area contributed by atoms with Gasteiger partial charge in [-0.05, 0) is 36.8 Å². The van der Waals surface area contributed by atoms with Crippen LogP contribution in [0.4, 0.5) is 17.6 Å². The molecule has 2 aromatic carbocycles. The van der Waals surface area contributed by atoms with Crippen LogP contribution < -0.4 is 0 Å². The average Bonchev–Trinajstić information content (AvgIpc) is 3.03. The van der Waals surface area contributed by atoms with Crippen LogP contribution in [-0.4, -0.2) is 24.5 Å². The molecule has 148 valence electrons. The van der Waals surface area contributed by atoms with Gasteiger partial charge in [-0.1, -0.05) is 17.7 Å². The van der Waals surface area contributed by atoms with Crippen molar-refractivity contribution in [3.8, 4) is 16.9 Å². The summed E-state index contributed by atoms with van der Waals surface area (Å²) in [6, 6.07) is 6.81. The van der Waals surface area contributed by atoms with E-state index in [1.807, 2.05) is 0 Å². The molecule has 0 fully saturated rings. The Balaban J connectivity index is 2.27. The predicted octanol–water partition coefficient (Wildman–Crippen LogP) is 5.12. The third kappa shape index (κ3) is 3.77. The summed E-state index contributed by atoms with van der Waals surface area (Å²) in [7, 11) is -4.02. The lowest BCUT2D eigenvalue weighted by atomic mass is 10.1. The molecule has 0 aliphatic carbocycles. The molecule has 28 heavy (non-hydrogen) atoms. The Kier molecular flexibility index (Phi) is 5.24. The number of alkyl halides is 2. The number of hydrogen-bond acceptors (Lipinski definition) is 3. The van der Waals surface area contributed by atoms with Crippen LogP contribution in [0.2, 0.25) is 5.02 Å². The Bertz CT molecular complexity index is 1180. The minimum Gasteiger partial charge on any atom is -0.230 e. The van der Waals surface area contributed by atoms with Gasteiger partial charge in [0.2, 0.25) is 0 Å². The first-order valence-electron chi connectivity index (χ1n) is 7.83. The molecular formula is C18H13ClF4N2O2S. The minimum atomic E-state index is -4.02. The first-order chi connectivity index (χ1) is 13.0. The van der Waals surface area contributed by atoms with Crippen LogP contribution >= 0.6 is 11.6 Å². The van der Waals surface area contributed by atoms with Crippen LogP contribution in [0.5, 0.6) is 0 Å². The standard InChI is InChI=1S/C18H13ClF4N2O2S/c1-9-5-10(3-4-11(9)19)15-8-14(18(22)23)24-25(15)16-6-13(21)17(7-12(16)20)28(2,26)27/h3-8,18H,1-2H3. The van der Waals surface area contributed by atoms with E-state index in [0.29, 0.717) is 28.3 Å². The molecule has 1 aromatic heterocycles. The van der Waals surface area contributed by atoms with Gasteiger partial charge >= 0.3 is 0 Å². The first-order valence-corrected chi connectivity index (χ1v) is 10.1. The molecule has 0 radical (unpaired) electrons. The number of hydrogen-bond donors (Lipinski definition) is 0. The van der Waals surface area contributed by atoms with Gasteiger partial charge in [-0.15, -0.1) is 0 Å². The molecule has 0 amide bonds. The Labute approximate surface area is 163 Å². The number of aryl methyl sites for hydroxylation is 1. The number of aromatic nitrogens is 2. The third-order valence-corrected chi connectivity index (χ3v) is 5.57. The van der Waals surface area contributed by atoms with Gasteiger partial charge in [0.25, 0.3) is 6.43 Å². The first kappa shape index (κ1) is 20.3. The van der Waals surface area contributed by atoms with E-state index in [9.17, 15) is 26.0 Å². The summed E-state index contributed by atoms with van der Waals surface area (Å²) in [5.41, 5.74) is -0.0348. The van der Waals surface area contributed by atoms with Gasteiger partial charge in [0, 0.05) is 22.9 Å². The van der Waals surface area contributed by atoms with Crippen molar-refractivity contribution in [2.75, 3.05) is 6.26 Å². The molecule has 10 heteroatoms. The molecule has 0 unspecified atom stereocenters. The van der Waals surface area contributed by atoms with Crippen molar-refractivity contribution in [1.29, 1.82) is 0 Å². The lowest BCUT2D eigenvalue weighted by Gasteiger charge is -2.11. The minimum absolute atomic E-state index is 0.0699. The van der Waals surface area contributed by atoms with Crippen LogP contribution in [0.15, 0.2) is 41.3 Å². The van der Waals surface area contributed by atoms with Crippen molar-refractivity contribution in [3.63, 3.8) is 0 Å². The molecule has 0 bridgehead atoms. The molecule has 0 saturated carbocycles. The van der Waals surface area contributed by atoms with Crippen LogP contribution in [0, 0.1) is 18.6 Å². The topological polar surface area (TPSA) is 52.0 Å². The molecular weight excluding hydrogens is 420 g/mol. The number of nitrogens with zero attached hydrogens (tertiary/aromatic N) is 2. The van der Waals surface area contributed by atoms with Crippen molar-refractivity contribution < 1.29 is 26.0 Å². The predicted molar refractivity (Wildman–Crippen MR) is 96.7 cm³/mol. The zero-order valence-electron chi connectivity index (χ0n) is 14.6. The highest BCUT2D eigenvalue weighted by molar-refractivity contribution is 7.90. The fraction of sp³-hybridized carbons (Fsp3) is 0.167. The Hall–Kier alpha value is -2.39. The molecule has 0 N–H and O–H groups in total. The Morgan fingerprint density at radius 1 is 1.07 bits per heavy atom. The third-order valence-electron chi connectivity index (χ3n) is 4.03. The Morgan fingerprint density at radius 2 is 1.75 bits per heavy atom. The van der Waals surface area contributed by atoms with E-state index in [1.165, 1.54) is 12.1 Å². The molecule has 1 heterocycles. The summed E-state index contributed by atoms with van der Waals surface area (Å²) in [4.78, 5) is -0.834. The van der Waals surface area contributed by atoms with Gasteiger partial charge in [-0.3, -0.25) is 0 Å². The van der Waals surface area contributed by atoms with Crippen molar-refractivity contribution in [2.45, 2.75) is 18.2 Å². The fourth-order valence-corrected chi connectivity index (χ4v) is 3.51. The second kappa shape index (κ2) is 7.21. The van der Waals surface area contributed by atoms with Crippen LogP contribution in [0.25, 0.3) is 16.9 Å². The maximum absolute atomic E-state index is 14.6. The summed E-state index contributed by atoms with van der Waals surface area (Å²) < 4.78 is 79.2. The summed E-state index contributed by atoms with van der Waals surface area (Å²) in [6.07, 6.45) is -2.22. The molecule has 4 nitrogen and oxygen atoms in total. The highest BCUT2D eigenvalue weighted by Crippen LogP contribution is 2.32. The SMILES string of the molecule is Cc1cc(-c2cc(C(F)F)nn2-c2cc(F)c(S(C)(=O)=O)cc2F)ccc1Cl. The summed E-state index contributed by atoms with van der Waals surface area (Å²) in [6.45, 7) is 1.70. The molecule has 0 spiro atoms. The fourth-order valence-electron chi connectivity index (χ4n) is 2.66. The van der Waals surface area contributed by atoms with Crippen molar-refractivity contribution in [2.24, 2.45) is 0 Å². The normalized spacial score (nSPS) is 12.0. The van der Waals surface area contributed by atoms with Gasteiger partial charge < -0.3 is 0 Å². The summed E-state index contributed by atoms with van der Waals surface area (Å²) >= 11 is 5.98. The van der Waals surface area contributed by atoms with Gasteiger partial charge in [0.05, 0.1) is 5.69 Å². The number of halogens is 5. The van der Waals surface area contributed by atoms with Gasteiger partial charge in [0.1, 0.15) is 27.9 Å². The zero-order valence-corrected chi connectivity index (χ0v) is 16.1. The lowest BCUT2D eigenvalue weighted by Crippen LogP contribution is -2.08. The average molecular weight is 433 g/mol. The van der Waals surface area contributed by atoms with Gasteiger partial charge in [-0.2, -0.15) is 5.10 Å².